The van der Waals surface area contributed by atoms with E-state index >= 15 is 0 Å². The Bertz CT molecular complexity index is 625. The number of rotatable bonds is 5. The minimum atomic E-state index is -0.0365. The van der Waals surface area contributed by atoms with Crippen LogP contribution in [-0.2, 0) is 11.3 Å². The van der Waals surface area contributed by atoms with Crippen molar-refractivity contribution in [3.05, 3.63) is 48.0 Å². The maximum absolute atomic E-state index is 11.7. The van der Waals surface area contributed by atoms with Gasteiger partial charge in [-0.2, -0.15) is 0 Å². The highest BCUT2D eigenvalue weighted by Crippen LogP contribution is 2.16. The summed E-state index contributed by atoms with van der Waals surface area (Å²) in [6.45, 7) is 6.22. The summed E-state index contributed by atoms with van der Waals surface area (Å²) >= 11 is 0. The van der Waals surface area contributed by atoms with Crippen molar-refractivity contribution in [2.75, 3.05) is 10.6 Å². The second kappa shape index (κ2) is 6.83. The van der Waals surface area contributed by atoms with Crippen molar-refractivity contribution < 1.29 is 4.79 Å². The molecule has 5 heteroatoms. The van der Waals surface area contributed by atoms with Gasteiger partial charge in [0.05, 0.1) is 12.2 Å². The maximum Gasteiger partial charge on any atom is 0.226 e. The van der Waals surface area contributed by atoms with Gasteiger partial charge in [0.15, 0.2) is 0 Å². The zero-order valence-electron chi connectivity index (χ0n) is 12.6. The summed E-state index contributed by atoms with van der Waals surface area (Å²) in [6, 6.07) is 9.53. The summed E-state index contributed by atoms with van der Waals surface area (Å²) in [5, 5.41) is 6.17. The van der Waals surface area contributed by atoms with Gasteiger partial charge in [0.25, 0.3) is 0 Å². The molecule has 0 spiro atoms. The Morgan fingerprint density at radius 3 is 2.71 bits per heavy atom. The number of nitrogens with one attached hydrogen (secondary N) is 2. The van der Waals surface area contributed by atoms with Gasteiger partial charge in [0.2, 0.25) is 5.91 Å². The summed E-state index contributed by atoms with van der Waals surface area (Å²) in [7, 11) is 0. The van der Waals surface area contributed by atoms with Crippen molar-refractivity contribution in [2.24, 2.45) is 5.92 Å². The Kier molecular flexibility index (Phi) is 4.87. The molecule has 5 nitrogen and oxygen atoms in total. The van der Waals surface area contributed by atoms with E-state index in [1.807, 2.05) is 51.1 Å². The molecule has 0 saturated heterocycles. The van der Waals surface area contributed by atoms with E-state index in [4.69, 9.17) is 0 Å². The molecule has 1 heterocycles. The average molecular weight is 284 g/mol. The van der Waals surface area contributed by atoms with Crippen LogP contribution in [0.3, 0.4) is 0 Å². The minimum absolute atomic E-state index is 0.0126. The fraction of sp³-hybridized carbons (Fsp3) is 0.312. The van der Waals surface area contributed by atoms with Gasteiger partial charge in [0, 0.05) is 23.5 Å². The van der Waals surface area contributed by atoms with Crippen LogP contribution in [0.1, 0.15) is 25.4 Å². The Morgan fingerprint density at radius 1 is 1.24 bits per heavy atom. The highest BCUT2D eigenvalue weighted by Gasteiger charge is 2.07. The molecule has 0 radical (unpaired) electrons. The lowest BCUT2D eigenvalue weighted by atomic mass is 10.2. The van der Waals surface area contributed by atoms with Crippen LogP contribution < -0.4 is 10.6 Å². The first-order valence-electron chi connectivity index (χ1n) is 6.98. The third-order valence-corrected chi connectivity index (χ3v) is 2.96. The molecular formula is C16H20N4O. The molecule has 21 heavy (non-hydrogen) atoms. The minimum Gasteiger partial charge on any atom is -0.379 e. The summed E-state index contributed by atoms with van der Waals surface area (Å²) in [4.78, 5) is 20.1. The molecule has 2 aromatic rings. The molecule has 0 bridgehead atoms. The number of anilines is 2. The highest BCUT2D eigenvalue weighted by molar-refractivity contribution is 5.92. The Morgan fingerprint density at radius 2 is 2.00 bits per heavy atom. The first kappa shape index (κ1) is 15.0. The first-order chi connectivity index (χ1) is 10.0. The SMILES string of the molecule is Cc1nccc(CNc2cccc(NC(=O)C(C)C)c2)n1. The van der Waals surface area contributed by atoms with Crippen molar-refractivity contribution in [1.29, 1.82) is 0 Å². The van der Waals surface area contributed by atoms with Gasteiger partial charge in [-0.3, -0.25) is 4.79 Å². The molecule has 110 valence electrons. The smallest absolute Gasteiger partial charge is 0.226 e. The van der Waals surface area contributed by atoms with Crippen LogP contribution in [0, 0.1) is 12.8 Å². The van der Waals surface area contributed by atoms with Crippen LogP contribution in [0.4, 0.5) is 11.4 Å². The van der Waals surface area contributed by atoms with Crippen molar-refractivity contribution in [1.82, 2.24) is 9.97 Å². The van der Waals surface area contributed by atoms with E-state index in [-0.39, 0.29) is 11.8 Å². The number of benzene rings is 1. The second-order valence-corrected chi connectivity index (χ2v) is 5.17. The molecule has 2 rings (SSSR count). The normalized spacial score (nSPS) is 10.5. The summed E-state index contributed by atoms with van der Waals surface area (Å²) in [5.74, 6) is 0.733. The fourth-order valence-corrected chi connectivity index (χ4v) is 1.79. The molecule has 0 aliphatic rings. The topological polar surface area (TPSA) is 66.9 Å². The van der Waals surface area contributed by atoms with E-state index in [9.17, 15) is 4.79 Å². The quantitative estimate of drug-likeness (QED) is 0.885. The third-order valence-electron chi connectivity index (χ3n) is 2.96. The largest absolute Gasteiger partial charge is 0.379 e. The molecule has 1 amide bonds. The van der Waals surface area contributed by atoms with Gasteiger partial charge >= 0.3 is 0 Å². The maximum atomic E-state index is 11.7. The zero-order chi connectivity index (χ0) is 15.2. The van der Waals surface area contributed by atoms with Gasteiger partial charge in [-0.15, -0.1) is 0 Å². The number of carbonyl (C=O) groups excluding carboxylic acids is 1. The van der Waals surface area contributed by atoms with Crippen LogP contribution in [0.25, 0.3) is 0 Å². The van der Waals surface area contributed by atoms with Crippen LogP contribution in [0.5, 0.6) is 0 Å². The van der Waals surface area contributed by atoms with Gasteiger partial charge in [-0.1, -0.05) is 19.9 Å². The zero-order valence-corrected chi connectivity index (χ0v) is 12.6. The van der Waals surface area contributed by atoms with Crippen molar-refractivity contribution >= 4 is 17.3 Å². The van der Waals surface area contributed by atoms with Crippen LogP contribution in [-0.4, -0.2) is 15.9 Å². The van der Waals surface area contributed by atoms with Crippen molar-refractivity contribution in [3.63, 3.8) is 0 Å². The molecule has 0 atom stereocenters. The van der Waals surface area contributed by atoms with Crippen molar-refractivity contribution in [2.45, 2.75) is 27.3 Å². The lowest BCUT2D eigenvalue weighted by molar-refractivity contribution is -0.118. The Labute approximate surface area is 124 Å². The molecule has 0 unspecified atom stereocenters. The number of carbonyl (C=O) groups is 1. The number of hydrogen-bond acceptors (Lipinski definition) is 4. The molecular weight excluding hydrogens is 264 g/mol. The van der Waals surface area contributed by atoms with Crippen molar-refractivity contribution in [3.8, 4) is 0 Å². The van der Waals surface area contributed by atoms with Gasteiger partial charge < -0.3 is 10.6 Å². The van der Waals surface area contributed by atoms with Gasteiger partial charge in [0.1, 0.15) is 5.82 Å². The molecule has 2 N–H and O–H groups in total. The lowest BCUT2D eigenvalue weighted by Crippen LogP contribution is -2.17. The number of nitrogens with zero attached hydrogens (tertiary/aromatic N) is 2. The summed E-state index contributed by atoms with van der Waals surface area (Å²) in [6.07, 6.45) is 1.75. The van der Waals surface area contributed by atoms with E-state index < -0.39 is 0 Å². The van der Waals surface area contributed by atoms with E-state index in [2.05, 4.69) is 20.6 Å². The summed E-state index contributed by atoms with van der Waals surface area (Å²) in [5.41, 5.74) is 2.66. The van der Waals surface area contributed by atoms with Crippen LogP contribution in [0.15, 0.2) is 36.5 Å². The third kappa shape index (κ3) is 4.56. The number of aromatic nitrogens is 2. The number of aryl methyl sites for hydroxylation is 1. The highest BCUT2D eigenvalue weighted by atomic mass is 16.1. The van der Waals surface area contributed by atoms with Gasteiger partial charge in [-0.05, 0) is 31.2 Å². The average Bonchev–Trinajstić information content (AvgIpc) is 2.45. The molecule has 0 aliphatic heterocycles. The summed E-state index contributed by atoms with van der Waals surface area (Å²) < 4.78 is 0. The number of hydrogen-bond donors (Lipinski definition) is 2. The van der Waals surface area contributed by atoms with E-state index in [1.165, 1.54) is 0 Å². The van der Waals surface area contributed by atoms with E-state index in [1.54, 1.807) is 6.20 Å². The number of amides is 1. The molecule has 1 aromatic heterocycles. The predicted octanol–water partition coefficient (Wildman–Crippen LogP) is 2.99. The fourth-order valence-electron chi connectivity index (χ4n) is 1.79. The molecule has 0 saturated carbocycles. The van der Waals surface area contributed by atoms with E-state index in [0.29, 0.717) is 6.54 Å². The first-order valence-corrected chi connectivity index (χ1v) is 6.98. The molecule has 0 fully saturated rings. The Hall–Kier alpha value is -2.43. The van der Waals surface area contributed by atoms with Crippen LogP contribution >= 0.6 is 0 Å². The van der Waals surface area contributed by atoms with E-state index in [0.717, 1.165) is 22.9 Å². The second-order valence-electron chi connectivity index (χ2n) is 5.17. The standard InChI is InChI=1S/C16H20N4O/c1-11(2)16(21)20-14-6-4-5-13(9-14)18-10-15-7-8-17-12(3)19-15/h4-9,11,18H,10H2,1-3H3,(H,20,21). The Balaban J connectivity index is 1.99. The lowest BCUT2D eigenvalue weighted by Gasteiger charge is -2.10. The monoisotopic (exact) mass is 284 g/mol. The predicted molar refractivity (Wildman–Crippen MR) is 84.0 cm³/mol. The van der Waals surface area contributed by atoms with Gasteiger partial charge in [-0.25, -0.2) is 9.97 Å². The van der Waals surface area contributed by atoms with Crippen LogP contribution in [0.2, 0.25) is 0 Å². The molecule has 1 aromatic carbocycles. The molecule has 0 aliphatic carbocycles.